The number of aromatic nitrogens is 4. The molecule has 3 aromatic rings. The van der Waals surface area contributed by atoms with Crippen LogP contribution in [0.15, 0.2) is 35.3 Å². The third kappa shape index (κ3) is 16.1. The van der Waals surface area contributed by atoms with Crippen LogP contribution in [0.3, 0.4) is 0 Å². The molecule has 0 aliphatic rings. The number of nitrogen functional groups attached to an aromatic ring is 1. The second-order valence-corrected chi connectivity index (χ2v) is 12.3. The van der Waals surface area contributed by atoms with Crippen LogP contribution in [0.25, 0.3) is 11.2 Å². The number of H-pyrrole nitrogens is 1. The molecule has 0 saturated heterocycles. The molecule has 20 heteroatoms. The lowest BCUT2D eigenvalue weighted by Crippen LogP contribution is -2.47. The van der Waals surface area contributed by atoms with E-state index in [1.165, 1.54) is 18.3 Å². The van der Waals surface area contributed by atoms with Gasteiger partial charge >= 0.3 is 5.97 Å². The van der Waals surface area contributed by atoms with Crippen LogP contribution in [-0.2, 0) is 35.2 Å². The number of benzene rings is 1. The molecule has 1 aromatic carbocycles. The van der Waals surface area contributed by atoms with Gasteiger partial charge in [0.05, 0.1) is 44.9 Å². The number of terminal acetylenes is 1. The van der Waals surface area contributed by atoms with Crippen LogP contribution in [-0.4, -0.2) is 113 Å². The maximum Gasteiger partial charge on any atom is 0.326 e. The van der Waals surface area contributed by atoms with Crippen molar-refractivity contribution in [2.24, 2.45) is 5.73 Å². The highest BCUT2D eigenvalue weighted by molar-refractivity contribution is 5.97. The van der Waals surface area contributed by atoms with Crippen LogP contribution in [0, 0.1) is 12.3 Å². The smallest absolute Gasteiger partial charge is 0.326 e. The second-order valence-electron chi connectivity index (χ2n) is 12.3. The van der Waals surface area contributed by atoms with Crippen molar-refractivity contribution in [2.75, 3.05) is 57.1 Å². The van der Waals surface area contributed by atoms with Crippen LogP contribution in [0.4, 0.5) is 11.6 Å². The van der Waals surface area contributed by atoms with Crippen LogP contribution in [0.5, 0.6) is 0 Å². The number of nitrogens with zero attached hydrogens (tertiary/aromatic N) is 3. The van der Waals surface area contributed by atoms with E-state index >= 15 is 0 Å². The summed E-state index contributed by atoms with van der Waals surface area (Å²) in [6.45, 7) is 1.99. The van der Waals surface area contributed by atoms with Crippen LogP contribution in [0.1, 0.15) is 61.0 Å². The molecule has 302 valence electrons. The van der Waals surface area contributed by atoms with Gasteiger partial charge in [-0.05, 0) is 56.5 Å². The summed E-state index contributed by atoms with van der Waals surface area (Å²) in [5.74, 6) is -0.600. The minimum absolute atomic E-state index is 0.0449. The first-order valence-electron chi connectivity index (χ1n) is 18.0. The predicted molar refractivity (Wildman–Crippen MR) is 205 cm³/mol. The summed E-state index contributed by atoms with van der Waals surface area (Å²) < 4.78 is 10.9. The quantitative estimate of drug-likeness (QED) is 0.0355. The van der Waals surface area contributed by atoms with Crippen LogP contribution >= 0.6 is 0 Å². The third-order valence-electron chi connectivity index (χ3n) is 7.95. The molecule has 0 radical (unpaired) electrons. The van der Waals surface area contributed by atoms with Gasteiger partial charge in [-0.3, -0.25) is 29.0 Å². The fourth-order valence-corrected chi connectivity index (χ4v) is 5.02. The minimum atomic E-state index is -1.30. The van der Waals surface area contributed by atoms with Gasteiger partial charge in [0.25, 0.3) is 11.5 Å². The number of hydrogen-bond donors (Lipinski definition) is 9. The van der Waals surface area contributed by atoms with Gasteiger partial charge in [-0.2, -0.15) is 4.98 Å². The molecule has 0 spiro atoms. The number of ether oxygens (including phenoxy) is 2. The monoisotopic (exact) mass is 779 g/mol. The summed E-state index contributed by atoms with van der Waals surface area (Å²) in [6, 6.07) is 4.26. The fourth-order valence-electron chi connectivity index (χ4n) is 5.02. The van der Waals surface area contributed by atoms with Crippen molar-refractivity contribution in [1.29, 1.82) is 0 Å². The largest absolute Gasteiger partial charge is 0.480 e. The number of amides is 4. The lowest BCUT2D eigenvalue weighted by molar-refractivity contribution is -0.139. The third-order valence-corrected chi connectivity index (χ3v) is 7.95. The second kappa shape index (κ2) is 24.3. The van der Waals surface area contributed by atoms with Gasteiger partial charge in [0.15, 0.2) is 11.2 Å². The summed E-state index contributed by atoms with van der Waals surface area (Å²) in [5, 5.41) is 23.3. The highest BCUT2D eigenvalue weighted by Crippen LogP contribution is 2.12. The molecule has 4 amide bonds. The van der Waals surface area contributed by atoms with Gasteiger partial charge in [-0.15, -0.1) is 12.3 Å². The minimum Gasteiger partial charge on any atom is -0.480 e. The zero-order valence-corrected chi connectivity index (χ0v) is 30.9. The molecule has 3 rings (SSSR count). The summed E-state index contributed by atoms with van der Waals surface area (Å²) in [7, 11) is 0. The van der Waals surface area contributed by atoms with Gasteiger partial charge in [-0.25, -0.2) is 14.8 Å². The van der Waals surface area contributed by atoms with Crippen LogP contribution < -0.4 is 43.6 Å². The van der Waals surface area contributed by atoms with Crippen molar-refractivity contribution in [3.8, 4) is 12.3 Å². The van der Waals surface area contributed by atoms with E-state index in [1.807, 2.05) is 0 Å². The summed E-state index contributed by atoms with van der Waals surface area (Å²) >= 11 is 0. The van der Waals surface area contributed by atoms with Crippen molar-refractivity contribution in [2.45, 2.75) is 63.6 Å². The first-order chi connectivity index (χ1) is 27.0. The van der Waals surface area contributed by atoms with Gasteiger partial charge in [-0.1, -0.05) is 0 Å². The molecule has 2 atom stereocenters. The molecule has 0 aliphatic heterocycles. The molecule has 0 unspecified atom stereocenters. The zero-order chi connectivity index (χ0) is 40.7. The Bertz CT molecular complexity index is 1870. The van der Waals surface area contributed by atoms with Crippen molar-refractivity contribution in [1.82, 2.24) is 41.2 Å². The molecule has 0 saturated carbocycles. The summed E-state index contributed by atoms with van der Waals surface area (Å²) in [4.78, 5) is 88.2. The number of nitrogens with two attached hydrogens (primary N) is 2. The number of unbranched alkanes of at least 4 members (excludes halogenated alkanes) is 1. The molecule has 56 heavy (non-hydrogen) atoms. The van der Waals surface area contributed by atoms with E-state index in [0.29, 0.717) is 30.8 Å². The first kappa shape index (κ1) is 44.2. The topological polar surface area (TPSA) is 308 Å². The summed E-state index contributed by atoms with van der Waals surface area (Å²) in [5.41, 5.74) is 12.0. The number of fused-ring (bicyclic) bond motifs is 1. The number of carboxylic acid groups (broad SMARTS) is 1. The molecule has 11 N–H and O–H groups in total. The molecular weight excluding hydrogens is 730 g/mol. The maximum atomic E-state index is 12.8. The number of carbonyl (C=O) groups excluding carboxylic acids is 4. The number of hydrogen-bond acceptors (Lipinski definition) is 14. The lowest BCUT2D eigenvalue weighted by atomic mass is 10.1. The van der Waals surface area contributed by atoms with E-state index in [2.05, 4.69) is 52.4 Å². The Morgan fingerprint density at radius 1 is 0.893 bits per heavy atom. The number of nitrogens with one attached hydrogen (secondary N) is 6. The lowest BCUT2D eigenvalue weighted by Gasteiger charge is -2.18. The Kier molecular flexibility index (Phi) is 19.2. The van der Waals surface area contributed by atoms with E-state index < -0.39 is 35.4 Å². The average Bonchev–Trinajstić information content (AvgIpc) is 3.18. The molecule has 0 fully saturated rings. The molecule has 20 nitrogen and oxygen atoms in total. The number of carboxylic acids is 1. The molecule has 2 heterocycles. The van der Waals surface area contributed by atoms with Crippen molar-refractivity contribution < 1.29 is 38.6 Å². The number of rotatable bonds is 26. The Morgan fingerprint density at radius 2 is 1.61 bits per heavy atom. The standard InChI is InChI=1S/C36H49N11O9/c1-2-3-7-29(49)44-26(6-4-5-14-37)33(51)40-16-18-56-20-19-55-17-15-39-28(48)13-12-27(35(53)54)45-32(50)23-8-10-24(11-9-23)41-21-25-22-42-31-30(43-25)34(52)47-36(38)46-31/h1,8-11,22,26-27,41H,3-7,12-21,37H2,(H,39,48)(H,40,51)(H,44,49)(H,45,50)(H,53,54)(H3,38,42,46,47,52)/t26-,27+/m1/s1. The van der Waals surface area contributed by atoms with Crippen molar-refractivity contribution >= 4 is 52.4 Å². The average molecular weight is 780 g/mol. The van der Waals surface area contributed by atoms with E-state index in [4.69, 9.17) is 27.4 Å². The van der Waals surface area contributed by atoms with Crippen LogP contribution in [0.2, 0.25) is 0 Å². The van der Waals surface area contributed by atoms with Gasteiger partial charge in [0.2, 0.25) is 23.7 Å². The maximum absolute atomic E-state index is 12.8. The Hall–Kier alpha value is -6.17. The zero-order valence-electron chi connectivity index (χ0n) is 30.9. The van der Waals surface area contributed by atoms with E-state index in [1.54, 1.807) is 12.1 Å². The van der Waals surface area contributed by atoms with E-state index in [-0.39, 0.29) is 106 Å². The van der Waals surface area contributed by atoms with Gasteiger partial charge < -0.3 is 52.6 Å². The van der Waals surface area contributed by atoms with E-state index in [9.17, 15) is 33.9 Å². The molecule has 0 aliphatic carbocycles. The number of aromatic amines is 1. The molecule has 0 bridgehead atoms. The summed E-state index contributed by atoms with van der Waals surface area (Å²) in [6.07, 6.45) is 8.67. The highest BCUT2D eigenvalue weighted by Gasteiger charge is 2.22. The normalized spacial score (nSPS) is 11.9. The van der Waals surface area contributed by atoms with Crippen molar-refractivity contribution in [3.05, 3.63) is 52.1 Å². The Balaban J connectivity index is 1.27. The fraction of sp³-hybridized carbons (Fsp3) is 0.472. The SMILES string of the molecule is C#CCCC(=O)N[C@H](CCCCN)C(=O)NCCOCCOCCNC(=O)CC[C@H](NC(=O)c1ccc(NCc2cnc3nc(N)[nH]c(=O)c3n2)cc1)C(=O)O. The number of carbonyl (C=O) groups is 5. The Labute approximate surface area is 322 Å². The van der Waals surface area contributed by atoms with Gasteiger partial charge in [0, 0.05) is 43.6 Å². The first-order valence-corrected chi connectivity index (χ1v) is 18.0. The Morgan fingerprint density at radius 3 is 2.29 bits per heavy atom. The molecular formula is C36H49N11O9. The number of anilines is 2. The predicted octanol–water partition coefficient (Wildman–Crippen LogP) is -0.837. The van der Waals surface area contributed by atoms with E-state index in [0.717, 1.165) is 6.42 Å². The van der Waals surface area contributed by atoms with Gasteiger partial charge in [0.1, 0.15) is 12.1 Å². The number of aliphatic carboxylic acids is 1. The highest BCUT2D eigenvalue weighted by atomic mass is 16.5. The molecule has 2 aromatic heterocycles. The van der Waals surface area contributed by atoms with Crippen molar-refractivity contribution in [3.63, 3.8) is 0 Å².